The zero-order chi connectivity index (χ0) is 14.0. The molecule has 19 heavy (non-hydrogen) atoms. The molecule has 0 fully saturated rings. The van der Waals surface area contributed by atoms with Crippen molar-refractivity contribution in [3.8, 4) is 5.69 Å². The van der Waals surface area contributed by atoms with Gasteiger partial charge in [-0.2, -0.15) is 5.10 Å². The Labute approximate surface area is 112 Å². The van der Waals surface area contributed by atoms with Crippen molar-refractivity contribution in [2.45, 2.75) is 32.6 Å². The lowest BCUT2D eigenvalue weighted by Crippen LogP contribution is -2.21. The summed E-state index contributed by atoms with van der Waals surface area (Å²) in [7, 11) is 0. The summed E-state index contributed by atoms with van der Waals surface area (Å²) in [6, 6.07) is 7.86. The van der Waals surface area contributed by atoms with Gasteiger partial charge in [0, 0.05) is 11.6 Å². The fourth-order valence-corrected chi connectivity index (χ4v) is 2.10. The van der Waals surface area contributed by atoms with Crippen LogP contribution >= 0.6 is 0 Å². The molecule has 0 unspecified atom stereocenters. The highest BCUT2D eigenvalue weighted by Crippen LogP contribution is 2.28. The predicted octanol–water partition coefficient (Wildman–Crippen LogP) is 2.93. The Hall–Kier alpha value is -2.10. The van der Waals surface area contributed by atoms with Crippen molar-refractivity contribution in [3.05, 3.63) is 47.8 Å². The van der Waals surface area contributed by atoms with Gasteiger partial charge in [0.1, 0.15) is 0 Å². The van der Waals surface area contributed by atoms with Gasteiger partial charge in [0.15, 0.2) is 0 Å². The van der Waals surface area contributed by atoms with Gasteiger partial charge in [-0.05, 0) is 30.2 Å². The fourth-order valence-electron chi connectivity index (χ4n) is 2.10. The van der Waals surface area contributed by atoms with Crippen LogP contribution in [0.3, 0.4) is 0 Å². The highest BCUT2D eigenvalue weighted by molar-refractivity contribution is 5.69. The van der Waals surface area contributed by atoms with Crippen LogP contribution in [0.25, 0.3) is 5.69 Å². The van der Waals surface area contributed by atoms with Gasteiger partial charge < -0.3 is 5.11 Å². The van der Waals surface area contributed by atoms with Gasteiger partial charge in [0.05, 0.1) is 18.3 Å². The molecule has 0 aliphatic carbocycles. The molecule has 0 aliphatic heterocycles. The molecule has 0 bridgehead atoms. The Morgan fingerprint density at radius 3 is 2.74 bits per heavy atom. The van der Waals surface area contributed by atoms with E-state index in [4.69, 9.17) is 5.11 Å². The number of aryl methyl sites for hydroxylation is 1. The molecule has 1 aromatic carbocycles. The number of carbonyl (C=O) groups is 1. The summed E-state index contributed by atoms with van der Waals surface area (Å²) in [5.41, 5.74) is 2.64. The Bertz CT molecular complexity index is 600. The summed E-state index contributed by atoms with van der Waals surface area (Å²) in [6.07, 6.45) is 3.85. The highest BCUT2D eigenvalue weighted by Gasteiger charge is 2.24. The summed E-state index contributed by atoms with van der Waals surface area (Å²) in [5.74, 6) is -0.787. The smallest absolute Gasteiger partial charge is 0.304 e. The number of hydrogen-bond acceptors (Lipinski definition) is 2. The largest absolute Gasteiger partial charge is 0.481 e. The molecule has 0 saturated carbocycles. The van der Waals surface area contributed by atoms with Crippen LogP contribution in [0.1, 0.15) is 31.4 Å². The van der Waals surface area contributed by atoms with E-state index in [0.717, 1.165) is 16.8 Å². The second kappa shape index (κ2) is 4.88. The van der Waals surface area contributed by atoms with E-state index in [9.17, 15) is 4.79 Å². The second-order valence-electron chi connectivity index (χ2n) is 5.47. The lowest BCUT2D eigenvalue weighted by Gasteiger charge is -2.23. The van der Waals surface area contributed by atoms with Gasteiger partial charge in [-0.3, -0.25) is 4.79 Å². The molecular formula is C15H18N2O2. The standard InChI is InChI=1S/C15H18N2O2/c1-11-9-16-17(10-11)13-6-4-5-12(7-13)15(2,3)8-14(18)19/h4-7,9-10H,8H2,1-3H3,(H,18,19). The summed E-state index contributed by atoms with van der Waals surface area (Å²) >= 11 is 0. The molecule has 2 aromatic rings. The summed E-state index contributed by atoms with van der Waals surface area (Å²) in [6.45, 7) is 5.87. The van der Waals surface area contributed by atoms with Gasteiger partial charge >= 0.3 is 5.97 Å². The number of carboxylic acid groups (broad SMARTS) is 1. The maximum Gasteiger partial charge on any atom is 0.304 e. The zero-order valence-electron chi connectivity index (χ0n) is 11.4. The minimum atomic E-state index is -0.787. The van der Waals surface area contributed by atoms with Crippen LogP contribution in [-0.4, -0.2) is 20.9 Å². The van der Waals surface area contributed by atoms with Crippen LogP contribution in [0.4, 0.5) is 0 Å². The molecule has 1 aromatic heterocycles. The van der Waals surface area contributed by atoms with Gasteiger partial charge in [-0.1, -0.05) is 26.0 Å². The van der Waals surface area contributed by atoms with Crippen molar-refractivity contribution >= 4 is 5.97 Å². The number of rotatable bonds is 4. The van der Waals surface area contributed by atoms with E-state index in [0.29, 0.717) is 0 Å². The van der Waals surface area contributed by atoms with Crippen LogP contribution in [-0.2, 0) is 10.2 Å². The van der Waals surface area contributed by atoms with Gasteiger partial charge in [-0.15, -0.1) is 0 Å². The molecule has 0 radical (unpaired) electrons. The summed E-state index contributed by atoms with van der Waals surface area (Å²) in [5, 5.41) is 13.3. The predicted molar refractivity (Wildman–Crippen MR) is 73.6 cm³/mol. The molecule has 1 heterocycles. The van der Waals surface area contributed by atoms with Crippen LogP contribution in [0.5, 0.6) is 0 Å². The molecule has 0 amide bonds. The van der Waals surface area contributed by atoms with Gasteiger partial charge in [0.25, 0.3) is 0 Å². The molecule has 0 saturated heterocycles. The Kier molecular flexibility index (Phi) is 3.42. The normalized spacial score (nSPS) is 11.5. The molecule has 2 rings (SSSR count). The van der Waals surface area contributed by atoms with Crippen LogP contribution in [0.2, 0.25) is 0 Å². The first-order chi connectivity index (χ1) is 8.88. The highest BCUT2D eigenvalue weighted by atomic mass is 16.4. The third-order valence-corrected chi connectivity index (χ3v) is 3.20. The van der Waals surface area contributed by atoms with E-state index < -0.39 is 11.4 Å². The molecular weight excluding hydrogens is 240 g/mol. The minimum absolute atomic E-state index is 0.106. The number of carboxylic acids is 1. The average molecular weight is 258 g/mol. The van der Waals surface area contributed by atoms with Crippen molar-refractivity contribution in [2.75, 3.05) is 0 Å². The first kappa shape index (κ1) is 13.3. The maximum absolute atomic E-state index is 10.9. The number of benzene rings is 1. The Morgan fingerprint density at radius 1 is 1.42 bits per heavy atom. The second-order valence-corrected chi connectivity index (χ2v) is 5.47. The monoisotopic (exact) mass is 258 g/mol. The summed E-state index contributed by atoms with van der Waals surface area (Å²) < 4.78 is 1.80. The van der Waals surface area contributed by atoms with Crippen molar-refractivity contribution in [1.82, 2.24) is 9.78 Å². The molecule has 0 aliphatic rings. The van der Waals surface area contributed by atoms with E-state index in [1.165, 1.54) is 0 Å². The third-order valence-electron chi connectivity index (χ3n) is 3.20. The number of aromatic nitrogens is 2. The first-order valence-electron chi connectivity index (χ1n) is 6.22. The lowest BCUT2D eigenvalue weighted by molar-refractivity contribution is -0.138. The molecule has 0 spiro atoms. The number of nitrogens with zero attached hydrogens (tertiary/aromatic N) is 2. The molecule has 0 atom stereocenters. The van der Waals surface area contributed by atoms with E-state index in [-0.39, 0.29) is 6.42 Å². The number of hydrogen-bond donors (Lipinski definition) is 1. The van der Waals surface area contributed by atoms with Crippen molar-refractivity contribution in [2.24, 2.45) is 0 Å². The fraction of sp³-hybridized carbons (Fsp3) is 0.333. The quantitative estimate of drug-likeness (QED) is 0.917. The summed E-state index contributed by atoms with van der Waals surface area (Å²) in [4.78, 5) is 10.9. The topological polar surface area (TPSA) is 55.1 Å². The van der Waals surface area contributed by atoms with Gasteiger partial charge in [0.2, 0.25) is 0 Å². The Morgan fingerprint density at radius 2 is 2.16 bits per heavy atom. The van der Waals surface area contributed by atoms with Crippen molar-refractivity contribution < 1.29 is 9.90 Å². The zero-order valence-corrected chi connectivity index (χ0v) is 11.4. The molecule has 4 nitrogen and oxygen atoms in total. The van der Waals surface area contributed by atoms with Crippen molar-refractivity contribution in [3.63, 3.8) is 0 Å². The average Bonchev–Trinajstić information content (AvgIpc) is 2.74. The van der Waals surface area contributed by atoms with Crippen LogP contribution in [0, 0.1) is 6.92 Å². The maximum atomic E-state index is 10.9. The lowest BCUT2D eigenvalue weighted by atomic mass is 9.81. The molecule has 100 valence electrons. The third kappa shape index (κ3) is 3.02. The van der Waals surface area contributed by atoms with Gasteiger partial charge in [-0.25, -0.2) is 4.68 Å². The SMILES string of the molecule is Cc1cnn(-c2cccc(C(C)(C)CC(=O)O)c2)c1. The Balaban J connectivity index is 2.36. The van der Waals surface area contributed by atoms with E-state index >= 15 is 0 Å². The first-order valence-corrected chi connectivity index (χ1v) is 6.22. The van der Waals surface area contributed by atoms with Crippen LogP contribution in [0.15, 0.2) is 36.7 Å². The van der Waals surface area contributed by atoms with Crippen molar-refractivity contribution in [1.29, 1.82) is 0 Å². The van der Waals surface area contributed by atoms with E-state index in [1.807, 2.05) is 51.2 Å². The minimum Gasteiger partial charge on any atom is -0.481 e. The molecule has 1 N–H and O–H groups in total. The number of aliphatic carboxylic acids is 1. The van der Waals surface area contributed by atoms with Crippen LogP contribution < -0.4 is 0 Å². The van der Waals surface area contributed by atoms with E-state index in [2.05, 4.69) is 5.10 Å². The van der Waals surface area contributed by atoms with E-state index in [1.54, 1.807) is 10.9 Å². The molecule has 4 heteroatoms.